The fourth-order valence-electron chi connectivity index (χ4n) is 4.71. The number of nitrogens with zero attached hydrogens (tertiary/aromatic N) is 1. The van der Waals surface area contributed by atoms with Gasteiger partial charge in [0.2, 0.25) is 11.8 Å². The minimum atomic E-state index is -0.773. The Morgan fingerprint density at radius 3 is 2.44 bits per heavy atom. The summed E-state index contributed by atoms with van der Waals surface area (Å²) in [5.74, 6) is -1.84. The molecular weight excluding hydrogens is 372 g/mol. The molecular formula is C19H19ClN2O5. The summed E-state index contributed by atoms with van der Waals surface area (Å²) in [6.45, 7) is -0.936. The second-order valence-electron chi connectivity index (χ2n) is 7.37. The molecule has 1 aliphatic heterocycles. The number of esters is 1. The van der Waals surface area contributed by atoms with Gasteiger partial charge in [0.15, 0.2) is 6.61 Å². The molecule has 0 radical (unpaired) electrons. The van der Waals surface area contributed by atoms with Crippen LogP contribution in [0.4, 0.5) is 5.69 Å². The largest absolute Gasteiger partial charge is 0.454 e. The Labute approximate surface area is 161 Å². The Morgan fingerprint density at radius 1 is 1.15 bits per heavy atom. The van der Waals surface area contributed by atoms with E-state index in [2.05, 4.69) is 5.32 Å². The number of rotatable bonds is 5. The molecule has 3 amide bonds. The number of halogens is 1. The molecule has 0 spiro atoms. The summed E-state index contributed by atoms with van der Waals surface area (Å²) in [4.78, 5) is 50.0. The normalized spacial score (nSPS) is 28.4. The lowest BCUT2D eigenvalue weighted by atomic mass is 9.81. The molecule has 3 aliphatic rings. The van der Waals surface area contributed by atoms with E-state index in [0.29, 0.717) is 10.7 Å². The number of hydrogen-bond acceptors (Lipinski definition) is 5. The van der Waals surface area contributed by atoms with Crippen LogP contribution >= 0.6 is 11.6 Å². The summed E-state index contributed by atoms with van der Waals surface area (Å²) < 4.78 is 4.93. The van der Waals surface area contributed by atoms with Crippen LogP contribution in [0.3, 0.4) is 0 Å². The third kappa shape index (κ3) is 3.32. The highest BCUT2D eigenvalue weighted by Gasteiger charge is 2.61. The number of fused-ring (bicyclic) bond motifs is 5. The van der Waals surface area contributed by atoms with Crippen LogP contribution in [0, 0.1) is 23.7 Å². The van der Waals surface area contributed by atoms with Gasteiger partial charge in [-0.2, -0.15) is 0 Å². The Morgan fingerprint density at radius 2 is 1.81 bits per heavy atom. The SMILES string of the molecule is O=C(COC(=O)CN1C(=O)[C@@H]2[C@@H]3CC[C@H](C3)[C@@H]2C1=O)Nc1cccc(Cl)c1. The molecule has 27 heavy (non-hydrogen) atoms. The van der Waals surface area contributed by atoms with E-state index in [1.807, 2.05) is 0 Å². The Hall–Kier alpha value is -2.41. The number of amides is 3. The molecule has 7 nitrogen and oxygen atoms in total. The van der Waals surface area contributed by atoms with Crippen LogP contribution in [-0.2, 0) is 23.9 Å². The maximum absolute atomic E-state index is 12.5. The molecule has 0 aromatic heterocycles. The average Bonchev–Trinajstić information content (AvgIpc) is 3.30. The number of benzene rings is 1. The third-order valence-corrected chi connectivity index (χ3v) is 6.01. The van der Waals surface area contributed by atoms with Crippen molar-refractivity contribution in [2.45, 2.75) is 19.3 Å². The third-order valence-electron chi connectivity index (χ3n) is 5.78. The van der Waals surface area contributed by atoms with Gasteiger partial charge >= 0.3 is 5.97 Å². The maximum atomic E-state index is 12.5. The van der Waals surface area contributed by atoms with Crippen molar-refractivity contribution in [1.82, 2.24) is 4.90 Å². The zero-order chi connectivity index (χ0) is 19.1. The van der Waals surface area contributed by atoms with Crippen LogP contribution in [0.15, 0.2) is 24.3 Å². The average molecular weight is 391 g/mol. The Kier molecular flexibility index (Phi) is 4.63. The first kappa shape index (κ1) is 18.0. The van der Waals surface area contributed by atoms with E-state index in [1.54, 1.807) is 24.3 Å². The van der Waals surface area contributed by atoms with Crippen molar-refractivity contribution >= 4 is 41.0 Å². The van der Waals surface area contributed by atoms with Crippen molar-refractivity contribution in [3.63, 3.8) is 0 Å². The zero-order valence-electron chi connectivity index (χ0n) is 14.5. The van der Waals surface area contributed by atoms with Gasteiger partial charge in [0.25, 0.3) is 5.91 Å². The lowest BCUT2D eigenvalue weighted by Crippen LogP contribution is -2.38. The highest BCUT2D eigenvalue weighted by Crippen LogP contribution is 2.56. The number of imide groups is 1. The first-order chi connectivity index (χ1) is 12.9. The van der Waals surface area contributed by atoms with Gasteiger partial charge < -0.3 is 10.1 Å². The summed E-state index contributed by atoms with van der Waals surface area (Å²) >= 11 is 5.84. The Bertz CT molecular complexity index is 798. The zero-order valence-corrected chi connectivity index (χ0v) is 15.3. The minimum Gasteiger partial charge on any atom is -0.454 e. The van der Waals surface area contributed by atoms with Gasteiger partial charge in [-0.15, -0.1) is 0 Å². The highest BCUT2D eigenvalue weighted by molar-refractivity contribution is 6.30. The summed E-state index contributed by atoms with van der Waals surface area (Å²) in [6, 6.07) is 6.57. The van der Waals surface area contributed by atoms with Crippen molar-refractivity contribution in [3.8, 4) is 0 Å². The summed E-state index contributed by atoms with van der Waals surface area (Å²) in [5, 5.41) is 3.02. The standard InChI is InChI=1S/C19H19ClN2O5/c20-12-2-1-3-13(7-12)21-14(23)9-27-15(24)8-22-18(25)16-10-4-5-11(6-10)17(16)19(22)26/h1-3,7,10-11,16-17H,4-6,8-9H2,(H,21,23)/t10-,11-,16-,17+/m1/s1. The highest BCUT2D eigenvalue weighted by atomic mass is 35.5. The van der Waals surface area contributed by atoms with E-state index in [-0.39, 0.29) is 35.5 Å². The van der Waals surface area contributed by atoms with Gasteiger partial charge in [0.05, 0.1) is 11.8 Å². The molecule has 3 fully saturated rings. The van der Waals surface area contributed by atoms with E-state index >= 15 is 0 Å². The van der Waals surface area contributed by atoms with Crippen LogP contribution < -0.4 is 5.32 Å². The predicted molar refractivity (Wildman–Crippen MR) is 95.6 cm³/mol. The molecule has 4 atom stereocenters. The maximum Gasteiger partial charge on any atom is 0.326 e. The molecule has 0 unspecified atom stereocenters. The summed E-state index contributed by atoms with van der Waals surface area (Å²) in [6.07, 6.45) is 2.90. The lowest BCUT2D eigenvalue weighted by Gasteiger charge is -2.19. The van der Waals surface area contributed by atoms with Gasteiger partial charge in [-0.1, -0.05) is 17.7 Å². The fourth-order valence-corrected chi connectivity index (χ4v) is 4.90. The van der Waals surface area contributed by atoms with Gasteiger partial charge in [-0.3, -0.25) is 24.1 Å². The minimum absolute atomic E-state index is 0.265. The van der Waals surface area contributed by atoms with Crippen molar-refractivity contribution < 1.29 is 23.9 Å². The Balaban J connectivity index is 1.29. The molecule has 1 heterocycles. The number of carbonyl (C=O) groups is 4. The number of ether oxygens (including phenoxy) is 1. The predicted octanol–water partition coefficient (Wildman–Crippen LogP) is 1.85. The molecule has 1 N–H and O–H groups in total. The van der Waals surface area contributed by atoms with E-state index in [9.17, 15) is 19.2 Å². The first-order valence-electron chi connectivity index (χ1n) is 9.00. The van der Waals surface area contributed by atoms with Gasteiger partial charge in [0.1, 0.15) is 6.54 Å². The number of nitrogens with one attached hydrogen (secondary N) is 1. The quantitative estimate of drug-likeness (QED) is 0.611. The second-order valence-corrected chi connectivity index (χ2v) is 7.80. The molecule has 4 rings (SSSR count). The van der Waals surface area contributed by atoms with E-state index in [4.69, 9.17) is 16.3 Å². The molecule has 142 valence electrons. The molecule has 1 saturated heterocycles. The molecule has 2 bridgehead atoms. The van der Waals surface area contributed by atoms with E-state index < -0.39 is 25.0 Å². The van der Waals surface area contributed by atoms with Gasteiger partial charge in [-0.25, -0.2) is 0 Å². The van der Waals surface area contributed by atoms with E-state index in [0.717, 1.165) is 24.2 Å². The van der Waals surface area contributed by atoms with Gasteiger partial charge in [-0.05, 0) is 49.3 Å². The molecule has 1 aromatic rings. The topological polar surface area (TPSA) is 92.8 Å². The fraction of sp³-hybridized carbons (Fsp3) is 0.474. The molecule has 1 aromatic carbocycles. The van der Waals surface area contributed by atoms with Crippen LogP contribution in [0.2, 0.25) is 5.02 Å². The number of likely N-dealkylation sites (tertiary alicyclic amines) is 1. The van der Waals surface area contributed by atoms with Crippen LogP contribution in [-0.4, -0.2) is 41.7 Å². The van der Waals surface area contributed by atoms with Crippen LogP contribution in [0.1, 0.15) is 19.3 Å². The molecule has 2 saturated carbocycles. The lowest BCUT2D eigenvalue weighted by molar-refractivity contribution is -0.154. The van der Waals surface area contributed by atoms with Crippen molar-refractivity contribution in [2.24, 2.45) is 23.7 Å². The van der Waals surface area contributed by atoms with Crippen LogP contribution in [0.25, 0.3) is 0 Å². The van der Waals surface area contributed by atoms with Crippen LogP contribution in [0.5, 0.6) is 0 Å². The van der Waals surface area contributed by atoms with Crippen molar-refractivity contribution in [2.75, 3.05) is 18.5 Å². The number of anilines is 1. The molecule has 2 aliphatic carbocycles. The second kappa shape index (κ2) is 6.96. The number of hydrogen-bond donors (Lipinski definition) is 1. The summed E-state index contributed by atoms with van der Waals surface area (Å²) in [7, 11) is 0. The smallest absolute Gasteiger partial charge is 0.326 e. The monoisotopic (exact) mass is 390 g/mol. The van der Waals surface area contributed by atoms with Gasteiger partial charge in [0, 0.05) is 10.7 Å². The molecule has 8 heteroatoms. The van der Waals surface area contributed by atoms with E-state index in [1.165, 1.54) is 0 Å². The number of carbonyl (C=O) groups excluding carboxylic acids is 4. The summed E-state index contributed by atoms with van der Waals surface area (Å²) in [5.41, 5.74) is 0.483. The van der Waals surface area contributed by atoms with Crippen molar-refractivity contribution in [3.05, 3.63) is 29.3 Å². The first-order valence-corrected chi connectivity index (χ1v) is 9.38. The van der Waals surface area contributed by atoms with Crippen molar-refractivity contribution in [1.29, 1.82) is 0 Å².